The Bertz CT molecular complexity index is 392. The molecule has 2 heterocycles. The minimum Gasteiger partial charge on any atom is -0.463 e. The van der Waals surface area contributed by atoms with E-state index in [0.29, 0.717) is 11.1 Å². The third kappa shape index (κ3) is 0.902. The summed E-state index contributed by atoms with van der Waals surface area (Å²) >= 11 is 0. The van der Waals surface area contributed by atoms with Crippen LogP contribution >= 0.6 is 0 Å². The topological polar surface area (TPSA) is 43.1 Å². The Hall–Kier alpha value is -1.64. The summed E-state index contributed by atoms with van der Waals surface area (Å²) in [7, 11) is 0. The Morgan fingerprint density at radius 1 is 1.55 bits per heavy atom. The van der Waals surface area contributed by atoms with Gasteiger partial charge >= 0.3 is 0 Å². The number of fused-ring (bicyclic) bond motifs is 1. The largest absolute Gasteiger partial charge is 0.463 e. The smallest absolute Gasteiger partial charge is 0.152 e. The first-order valence-electron chi connectivity index (χ1n) is 3.18. The van der Waals surface area contributed by atoms with Crippen molar-refractivity contribution in [3.8, 4) is 0 Å². The van der Waals surface area contributed by atoms with Gasteiger partial charge in [-0.05, 0) is 6.07 Å². The van der Waals surface area contributed by atoms with Crippen molar-refractivity contribution in [3.05, 3.63) is 30.2 Å². The number of hydrogen-bond acceptors (Lipinski definition) is 3. The van der Waals surface area contributed by atoms with Crippen LogP contribution in [-0.2, 0) is 0 Å². The van der Waals surface area contributed by atoms with Crippen molar-refractivity contribution >= 4 is 17.4 Å². The van der Waals surface area contributed by atoms with Gasteiger partial charge in [-0.1, -0.05) is 0 Å². The van der Waals surface area contributed by atoms with Crippen LogP contribution in [-0.4, -0.2) is 11.3 Å². The van der Waals surface area contributed by atoms with Gasteiger partial charge in [-0.2, -0.15) is 0 Å². The van der Waals surface area contributed by atoms with Crippen molar-refractivity contribution in [2.45, 2.75) is 0 Å². The second kappa shape index (κ2) is 2.20. The molecule has 3 heteroatoms. The average Bonchev–Trinajstić information content (AvgIpc) is 2.50. The molecule has 2 aromatic heterocycles. The molecule has 2 rings (SSSR count). The highest BCUT2D eigenvalue weighted by Gasteiger charge is 1.97. The van der Waals surface area contributed by atoms with Crippen molar-refractivity contribution in [2.24, 2.45) is 0 Å². The van der Waals surface area contributed by atoms with Crippen LogP contribution in [0.5, 0.6) is 0 Å². The fourth-order valence-corrected chi connectivity index (χ4v) is 0.926. The summed E-state index contributed by atoms with van der Waals surface area (Å²) in [5.41, 5.74) is 1.96. The third-order valence-electron chi connectivity index (χ3n) is 1.46. The van der Waals surface area contributed by atoms with Crippen molar-refractivity contribution in [1.82, 2.24) is 4.98 Å². The summed E-state index contributed by atoms with van der Waals surface area (Å²) in [6, 6.07) is 3.42. The van der Waals surface area contributed by atoms with E-state index in [1.807, 2.05) is 0 Å². The third-order valence-corrected chi connectivity index (χ3v) is 1.46. The van der Waals surface area contributed by atoms with Gasteiger partial charge in [0.25, 0.3) is 0 Å². The number of pyridine rings is 1. The van der Waals surface area contributed by atoms with Crippen LogP contribution < -0.4 is 0 Å². The van der Waals surface area contributed by atoms with Gasteiger partial charge in [-0.15, -0.1) is 0 Å². The lowest BCUT2D eigenvalue weighted by Gasteiger charge is -1.87. The van der Waals surface area contributed by atoms with Crippen LogP contribution in [0.4, 0.5) is 0 Å². The van der Waals surface area contributed by atoms with Crippen LogP contribution in [0.1, 0.15) is 10.4 Å². The van der Waals surface area contributed by atoms with Crippen molar-refractivity contribution in [2.75, 3.05) is 0 Å². The van der Waals surface area contributed by atoms with E-state index in [1.54, 1.807) is 18.4 Å². The number of rotatable bonds is 1. The molecule has 0 amide bonds. The molecule has 0 aliphatic rings. The lowest BCUT2D eigenvalue weighted by molar-refractivity contribution is 0.112. The van der Waals surface area contributed by atoms with E-state index in [1.165, 1.54) is 6.20 Å². The van der Waals surface area contributed by atoms with Gasteiger partial charge in [0.2, 0.25) is 0 Å². The van der Waals surface area contributed by atoms with Gasteiger partial charge in [0.1, 0.15) is 5.52 Å². The molecule has 0 unspecified atom stereocenters. The maximum atomic E-state index is 10.3. The van der Waals surface area contributed by atoms with Gasteiger partial charge < -0.3 is 4.42 Å². The summed E-state index contributed by atoms with van der Waals surface area (Å²) in [5, 5.41) is 0. The predicted octanol–water partition coefficient (Wildman–Crippen LogP) is 1.64. The number of hydrogen-bond donors (Lipinski definition) is 0. The summed E-state index contributed by atoms with van der Waals surface area (Å²) in [4.78, 5) is 14.3. The normalized spacial score (nSPS) is 10.2. The minimum absolute atomic E-state index is 0.535. The number of aldehydes is 1. The zero-order valence-electron chi connectivity index (χ0n) is 5.65. The number of carbonyl (C=O) groups excluding carboxylic acids is 1. The SMILES string of the molecule is O=Cc1cnc2ccoc2c1. The predicted molar refractivity (Wildman–Crippen MR) is 39.4 cm³/mol. The van der Waals surface area contributed by atoms with Crippen molar-refractivity contribution in [3.63, 3.8) is 0 Å². The van der Waals surface area contributed by atoms with Crippen LogP contribution in [0.15, 0.2) is 29.0 Å². The molecular formula is C8H5NO2. The maximum absolute atomic E-state index is 10.3. The Kier molecular flexibility index (Phi) is 1.22. The first-order chi connectivity index (χ1) is 5.40. The van der Waals surface area contributed by atoms with E-state index >= 15 is 0 Å². The molecule has 0 fully saturated rings. The fourth-order valence-electron chi connectivity index (χ4n) is 0.926. The Balaban J connectivity index is 2.76. The van der Waals surface area contributed by atoms with Gasteiger partial charge in [0.15, 0.2) is 11.9 Å². The zero-order chi connectivity index (χ0) is 7.68. The fraction of sp³-hybridized carbons (Fsp3) is 0. The quantitative estimate of drug-likeness (QED) is 0.576. The molecule has 0 bridgehead atoms. The minimum atomic E-state index is 0.535. The van der Waals surface area contributed by atoms with E-state index in [2.05, 4.69) is 4.98 Å². The van der Waals surface area contributed by atoms with E-state index in [0.717, 1.165) is 11.8 Å². The standard InChI is InChI=1S/C8H5NO2/c10-5-6-3-8-7(9-4-6)1-2-11-8/h1-5H. The van der Waals surface area contributed by atoms with Crippen LogP contribution in [0.3, 0.4) is 0 Å². The van der Waals surface area contributed by atoms with Crippen LogP contribution in [0.2, 0.25) is 0 Å². The molecule has 0 aliphatic carbocycles. The molecular weight excluding hydrogens is 142 g/mol. The number of nitrogens with zero attached hydrogens (tertiary/aromatic N) is 1. The van der Waals surface area contributed by atoms with Crippen LogP contribution in [0, 0.1) is 0 Å². The second-order valence-corrected chi connectivity index (χ2v) is 2.19. The summed E-state index contributed by atoms with van der Waals surface area (Å²) in [6.07, 6.45) is 3.81. The summed E-state index contributed by atoms with van der Waals surface area (Å²) < 4.78 is 5.04. The molecule has 2 aromatic rings. The van der Waals surface area contributed by atoms with Crippen LogP contribution in [0.25, 0.3) is 11.1 Å². The molecule has 3 nitrogen and oxygen atoms in total. The monoisotopic (exact) mass is 147 g/mol. The van der Waals surface area contributed by atoms with E-state index < -0.39 is 0 Å². The number of aromatic nitrogens is 1. The Labute approximate surface area is 62.7 Å². The molecule has 0 N–H and O–H groups in total. The maximum Gasteiger partial charge on any atom is 0.152 e. The van der Waals surface area contributed by atoms with Gasteiger partial charge in [-0.25, -0.2) is 0 Å². The number of furan rings is 1. The van der Waals surface area contributed by atoms with Crippen molar-refractivity contribution in [1.29, 1.82) is 0 Å². The first-order valence-corrected chi connectivity index (χ1v) is 3.18. The summed E-state index contributed by atoms with van der Waals surface area (Å²) in [5.74, 6) is 0. The van der Waals surface area contributed by atoms with Gasteiger partial charge in [0, 0.05) is 17.8 Å². The molecule has 0 atom stereocenters. The molecule has 0 aliphatic heterocycles. The highest BCUT2D eigenvalue weighted by atomic mass is 16.3. The Morgan fingerprint density at radius 2 is 2.45 bits per heavy atom. The number of carbonyl (C=O) groups is 1. The van der Waals surface area contributed by atoms with Gasteiger partial charge in [-0.3, -0.25) is 9.78 Å². The molecule has 0 saturated carbocycles. The molecule has 0 saturated heterocycles. The molecule has 0 radical (unpaired) electrons. The zero-order valence-corrected chi connectivity index (χ0v) is 5.65. The van der Waals surface area contributed by atoms with Crippen molar-refractivity contribution < 1.29 is 9.21 Å². The highest BCUT2D eigenvalue weighted by Crippen LogP contribution is 2.12. The Morgan fingerprint density at radius 3 is 3.27 bits per heavy atom. The average molecular weight is 147 g/mol. The second-order valence-electron chi connectivity index (χ2n) is 2.19. The lowest BCUT2D eigenvalue weighted by Crippen LogP contribution is -1.80. The van der Waals surface area contributed by atoms with Gasteiger partial charge in [0.05, 0.1) is 6.26 Å². The first kappa shape index (κ1) is 6.09. The molecule has 54 valence electrons. The molecule has 0 spiro atoms. The lowest BCUT2D eigenvalue weighted by atomic mass is 10.3. The molecule has 0 aromatic carbocycles. The molecule has 11 heavy (non-hydrogen) atoms. The summed E-state index contributed by atoms with van der Waals surface area (Å²) in [6.45, 7) is 0. The van der Waals surface area contributed by atoms with E-state index in [4.69, 9.17) is 4.42 Å². The van der Waals surface area contributed by atoms with E-state index in [-0.39, 0.29) is 0 Å². The van der Waals surface area contributed by atoms with E-state index in [9.17, 15) is 4.79 Å². The highest BCUT2D eigenvalue weighted by molar-refractivity contribution is 5.82.